The molecule has 1 aromatic heterocycles. The molecule has 82 valence electrons. The molecule has 0 amide bonds. The standard InChI is InChI=1S/C12H17ClN2/c1-2-4-12(8-15-9-12)6-10-3-5-14-7-11(10)13/h3,5,7,15H,2,4,6,8-9H2,1H3. The monoisotopic (exact) mass is 224 g/mol. The Balaban J connectivity index is 2.10. The van der Waals surface area contributed by atoms with Crippen LogP contribution in [0.3, 0.4) is 0 Å². The van der Waals surface area contributed by atoms with Crippen molar-refractivity contribution in [3.8, 4) is 0 Å². The first kappa shape index (κ1) is 10.9. The Morgan fingerprint density at radius 1 is 1.53 bits per heavy atom. The highest BCUT2D eigenvalue weighted by Crippen LogP contribution is 2.34. The fourth-order valence-electron chi connectivity index (χ4n) is 2.35. The smallest absolute Gasteiger partial charge is 0.0621 e. The lowest BCUT2D eigenvalue weighted by Crippen LogP contribution is -2.54. The Morgan fingerprint density at radius 2 is 2.33 bits per heavy atom. The highest BCUT2D eigenvalue weighted by atomic mass is 35.5. The van der Waals surface area contributed by atoms with Gasteiger partial charge in [0.15, 0.2) is 0 Å². The third-order valence-electron chi connectivity index (χ3n) is 3.20. The van der Waals surface area contributed by atoms with E-state index >= 15 is 0 Å². The van der Waals surface area contributed by atoms with E-state index in [0.717, 1.165) is 24.5 Å². The van der Waals surface area contributed by atoms with Crippen LogP contribution in [0.1, 0.15) is 25.3 Å². The molecule has 1 N–H and O–H groups in total. The van der Waals surface area contributed by atoms with Gasteiger partial charge in [-0.05, 0) is 29.9 Å². The molecule has 0 atom stereocenters. The molecule has 0 saturated carbocycles. The first-order valence-corrected chi connectivity index (χ1v) is 5.93. The van der Waals surface area contributed by atoms with E-state index in [9.17, 15) is 0 Å². The van der Waals surface area contributed by atoms with Crippen molar-refractivity contribution in [1.82, 2.24) is 10.3 Å². The average Bonchev–Trinajstić information content (AvgIpc) is 2.18. The molecule has 0 aromatic carbocycles. The van der Waals surface area contributed by atoms with E-state index in [4.69, 9.17) is 11.6 Å². The van der Waals surface area contributed by atoms with Crippen molar-refractivity contribution in [3.63, 3.8) is 0 Å². The molecular formula is C12H17ClN2. The zero-order valence-corrected chi connectivity index (χ0v) is 9.85. The molecule has 15 heavy (non-hydrogen) atoms. The van der Waals surface area contributed by atoms with Gasteiger partial charge in [0.1, 0.15) is 0 Å². The summed E-state index contributed by atoms with van der Waals surface area (Å²) in [6.45, 7) is 4.49. The van der Waals surface area contributed by atoms with Crippen LogP contribution in [0.4, 0.5) is 0 Å². The lowest BCUT2D eigenvalue weighted by Gasteiger charge is -2.43. The Bertz CT molecular complexity index is 334. The summed E-state index contributed by atoms with van der Waals surface area (Å²) in [5.41, 5.74) is 1.68. The van der Waals surface area contributed by atoms with Crippen LogP contribution in [0.2, 0.25) is 5.02 Å². The van der Waals surface area contributed by atoms with Gasteiger partial charge in [-0.1, -0.05) is 24.9 Å². The molecule has 1 aromatic rings. The average molecular weight is 225 g/mol. The molecule has 0 spiro atoms. The predicted octanol–water partition coefficient (Wildman–Crippen LogP) is 2.67. The molecule has 0 aliphatic carbocycles. The normalized spacial score (nSPS) is 18.5. The van der Waals surface area contributed by atoms with Crippen LogP contribution in [0.5, 0.6) is 0 Å². The second-order valence-corrected chi connectivity index (χ2v) is 4.90. The number of rotatable bonds is 4. The first-order valence-electron chi connectivity index (χ1n) is 5.55. The van der Waals surface area contributed by atoms with E-state index in [2.05, 4.69) is 17.2 Å². The molecule has 0 unspecified atom stereocenters. The minimum Gasteiger partial charge on any atom is -0.316 e. The number of nitrogens with zero attached hydrogens (tertiary/aromatic N) is 1. The van der Waals surface area contributed by atoms with Gasteiger partial charge in [-0.25, -0.2) is 0 Å². The van der Waals surface area contributed by atoms with Crippen LogP contribution in [0.25, 0.3) is 0 Å². The molecule has 2 heterocycles. The Kier molecular flexibility index (Phi) is 3.27. The maximum atomic E-state index is 6.13. The highest BCUT2D eigenvalue weighted by molar-refractivity contribution is 6.31. The van der Waals surface area contributed by atoms with Gasteiger partial charge >= 0.3 is 0 Å². The fourth-order valence-corrected chi connectivity index (χ4v) is 2.54. The quantitative estimate of drug-likeness (QED) is 0.851. The predicted molar refractivity (Wildman–Crippen MR) is 63.2 cm³/mol. The largest absolute Gasteiger partial charge is 0.316 e. The van der Waals surface area contributed by atoms with E-state index in [1.165, 1.54) is 18.4 Å². The van der Waals surface area contributed by atoms with Gasteiger partial charge in [0.2, 0.25) is 0 Å². The van der Waals surface area contributed by atoms with Crippen LogP contribution in [-0.2, 0) is 6.42 Å². The molecule has 1 saturated heterocycles. The molecule has 1 aliphatic heterocycles. The van der Waals surface area contributed by atoms with Crippen molar-refractivity contribution >= 4 is 11.6 Å². The molecule has 0 bridgehead atoms. The van der Waals surface area contributed by atoms with Gasteiger partial charge in [0.25, 0.3) is 0 Å². The van der Waals surface area contributed by atoms with Crippen molar-refractivity contribution in [2.75, 3.05) is 13.1 Å². The summed E-state index contributed by atoms with van der Waals surface area (Å²) in [6, 6.07) is 2.04. The SMILES string of the molecule is CCCC1(Cc2ccncc2Cl)CNC1. The maximum Gasteiger partial charge on any atom is 0.0621 e. The number of nitrogens with one attached hydrogen (secondary N) is 1. The molecule has 1 fully saturated rings. The van der Waals surface area contributed by atoms with Crippen molar-refractivity contribution in [2.45, 2.75) is 26.2 Å². The number of pyridine rings is 1. The summed E-state index contributed by atoms with van der Waals surface area (Å²) in [4.78, 5) is 4.02. The lowest BCUT2D eigenvalue weighted by atomic mass is 9.73. The summed E-state index contributed by atoms with van der Waals surface area (Å²) < 4.78 is 0. The molecule has 3 heteroatoms. The van der Waals surface area contributed by atoms with E-state index < -0.39 is 0 Å². The van der Waals surface area contributed by atoms with Gasteiger partial charge in [-0.15, -0.1) is 0 Å². The summed E-state index contributed by atoms with van der Waals surface area (Å²) in [5.74, 6) is 0. The van der Waals surface area contributed by atoms with Crippen molar-refractivity contribution in [2.24, 2.45) is 5.41 Å². The van der Waals surface area contributed by atoms with E-state index in [0.29, 0.717) is 5.41 Å². The third kappa shape index (κ3) is 2.32. The van der Waals surface area contributed by atoms with E-state index in [1.807, 2.05) is 12.3 Å². The zero-order valence-electron chi connectivity index (χ0n) is 9.09. The number of halogens is 1. The van der Waals surface area contributed by atoms with Gasteiger partial charge in [-0.2, -0.15) is 0 Å². The van der Waals surface area contributed by atoms with Crippen LogP contribution >= 0.6 is 11.6 Å². The van der Waals surface area contributed by atoms with Gasteiger partial charge in [0.05, 0.1) is 5.02 Å². The molecule has 0 radical (unpaired) electrons. The minimum absolute atomic E-state index is 0.444. The molecule has 1 aliphatic rings. The van der Waals surface area contributed by atoms with Crippen LogP contribution in [0, 0.1) is 5.41 Å². The fraction of sp³-hybridized carbons (Fsp3) is 0.583. The maximum absolute atomic E-state index is 6.13. The summed E-state index contributed by atoms with van der Waals surface area (Å²) in [5, 5.41) is 4.17. The third-order valence-corrected chi connectivity index (χ3v) is 3.54. The molecular weight excluding hydrogens is 208 g/mol. The van der Waals surface area contributed by atoms with Gasteiger partial charge in [-0.3, -0.25) is 4.98 Å². The Morgan fingerprint density at radius 3 is 2.87 bits per heavy atom. The number of aromatic nitrogens is 1. The van der Waals surface area contributed by atoms with E-state index in [1.54, 1.807) is 6.20 Å². The Labute approximate surface area is 96.1 Å². The van der Waals surface area contributed by atoms with Gasteiger partial charge < -0.3 is 5.32 Å². The Hall–Kier alpha value is -0.600. The lowest BCUT2D eigenvalue weighted by molar-refractivity contribution is 0.151. The van der Waals surface area contributed by atoms with Crippen LogP contribution in [-0.4, -0.2) is 18.1 Å². The number of hydrogen-bond acceptors (Lipinski definition) is 2. The highest BCUT2D eigenvalue weighted by Gasteiger charge is 2.36. The summed E-state index contributed by atoms with van der Waals surface area (Å²) in [6.07, 6.45) is 7.16. The number of hydrogen-bond donors (Lipinski definition) is 1. The summed E-state index contributed by atoms with van der Waals surface area (Å²) >= 11 is 6.13. The van der Waals surface area contributed by atoms with Crippen molar-refractivity contribution < 1.29 is 0 Å². The zero-order chi connectivity index (χ0) is 10.7. The van der Waals surface area contributed by atoms with Crippen molar-refractivity contribution in [3.05, 3.63) is 29.0 Å². The van der Waals surface area contributed by atoms with Crippen LogP contribution < -0.4 is 5.32 Å². The topological polar surface area (TPSA) is 24.9 Å². The van der Waals surface area contributed by atoms with Crippen molar-refractivity contribution in [1.29, 1.82) is 0 Å². The molecule has 2 nitrogen and oxygen atoms in total. The van der Waals surface area contributed by atoms with Gasteiger partial charge in [0, 0.05) is 25.5 Å². The van der Waals surface area contributed by atoms with Crippen LogP contribution in [0.15, 0.2) is 18.5 Å². The first-order chi connectivity index (χ1) is 7.26. The summed E-state index contributed by atoms with van der Waals surface area (Å²) in [7, 11) is 0. The second-order valence-electron chi connectivity index (χ2n) is 4.50. The molecule has 2 rings (SSSR count). The minimum atomic E-state index is 0.444. The van der Waals surface area contributed by atoms with E-state index in [-0.39, 0.29) is 0 Å². The second kappa shape index (κ2) is 4.50.